The van der Waals surface area contributed by atoms with Crippen LogP contribution in [-0.2, 0) is 0 Å². The molecule has 9 aromatic rings. The second-order valence-electron chi connectivity index (χ2n) is 11.9. The number of furan rings is 1. The van der Waals surface area contributed by atoms with Gasteiger partial charge >= 0.3 is 0 Å². The number of hydrogen-bond acceptors (Lipinski definition) is 5. The number of nitrogens with zero attached hydrogens (tertiary/aromatic N) is 4. The fourth-order valence-corrected chi connectivity index (χ4v) is 6.62. The first kappa shape index (κ1) is 28.3. The minimum atomic E-state index is 0.608. The molecule has 0 unspecified atom stereocenters. The van der Waals surface area contributed by atoms with Crippen molar-refractivity contribution in [1.82, 2.24) is 15.0 Å². The smallest absolute Gasteiger partial charge is 0.164 e. The van der Waals surface area contributed by atoms with Crippen LogP contribution >= 0.6 is 0 Å². The van der Waals surface area contributed by atoms with Gasteiger partial charge in [-0.2, -0.15) is 5.26 Å². The molecule has 0 radical (unpaired) electrons. The zero-order chi connectivity index (χ0) is 32.7. The molecule has 7 aromatic carbocycles. The Morgan fingerprint density at radius 1 is 0.429 bits per heavy atom. The van der Waals surface area contributed by atoms with Gasteiger partial charge in [-0.25, -0.2) is 15.0 Å². The quantitative estimate of drug-likeness (QED) is 0.190. The third kappa shape index (κ3) is 5.00. The van der Waals surface area contributed by atoms with E-state index in [1.165, 1.54) is 0 Å². The second kappa shape index (κ2) is 11.7. The van der Waals surface area contributed by atoms with Crippen LogP contribution in [0.5, 0.6) is 0 Å². The number of benzene rings is 7. The van der Waals surface area contributed by atoms with E-state index < -0.39 is 0 Å². The van der Waals surface area contributed by atoms with Crippen LogP contribution in [0.4, 0.5) is 0 Å². The molecule has 0 saturated heterocycles. The van der Waals surface area contributed by atoms with E-state index in [1.807, 2.05) is 97.1 Å². The van der Waals surface area contributed by atoms with Crippen LogP contribution in [0.15, 0.2) is 162 Å². The van der Waals surface area contributed by atoms with Crippen LogP contribution in [0, 0.1) is 11.3 Å². The summed E-state index contributed by atoms with van der Waals surface area (Å²) in [6.45, 7) is 0. The molecule has 228 valence electrons. The van der Waals surface area contributed by atoms with Crippen molar-refractivity contribution in [3.05, 3.63) is 163 Å². The molecular formula is C44H26N4O. The Hall–Kier alpha value is -6.90. The molecule has 0 N–H and O–H groups in total. The molecule has 0 amide bonds. The predicted octanol–water partition coefficient (Wildman–Crippen LogP) is 11.1. The summed E-state index contributed by atoms with van der Waals surface area (Å²) in [4.78, 5) is 14.8. The Balaban J connectivity index is 1.25. The number of nitriles is 1. The molecule has 0 fully saturated rings. The maximum atomic E-state index is 9.37. The number of rotatable bonds is 5. The van der Waals surface area contributed by atoms with Crippen LogP contribution < -0.4 is 0 Å². The molecule has 0 atom stereocenters. The van der Waals surface area contributed by atoms with E-state index in [-0.39, 0.29) is 0 Å². The molecule has 2 aromatic heterocycles. The van der Waals surface area contributed by atoms with Gasteiger partial charge in [-0.15, -0.1) is 0 Å². The van der Waals surface area contributed by atoms with Crippen molar-refractivity contribution >= 4 is 32.7 Å². The average Bonchev–Trinajstić information content (AvgIpc) is 3.57. The van der Waals surface area contributed by atoms with E-state index in [4.69, 9.17) is 19.4 Å². The van der Waals surface area contributed by atoms with Gasteiger partial charge < -0.3 is 4.42 Å². The van der Waals surface area contributed by atoms with Crippen LogP contribution in [0.2, 0.25) is 0 Å². The molecule has 0 saturated carbocycles. The van der Waals surface area contributed by atoms with Crippen LogP contribution in [-0.4, -0.2) is 15.0 Å². The van der Waals surface area contributed by atoms with Crippen LogP contribution in [0.1, 0.15) is 5.56 Å². The fraction of sp³-hybridized carbons (Fsp3) is 0. The van der Waals surface area contributed by atoms with E-state index in [0.717, 1.165) is 71.7 Å². The monoisotopic (exact) mass is 626 g/mol. The van der Waals surface area contributed by atoms with Gasteiger partial charge in [-0.1, -0.05) is 127 Å². The average molecular weight is 627 g/mol. The largest absolute Gasteiger partial charge is 0.455 e. The van der Waals surface area contributed by atoms with Gasteiger partial charge in [0.15, 0.2) is 17.5 Å². The third-order valence-corrected chi connectivity index (χ3v) is 8.96. The van der Waals surface area contributed by atoms with Gasteiger partial charge in [0.25, 0.3) is 0 Å². The lowest BCUT2D eigenvalue weighted by Crippen LogP contribution is -2.00. The first-order valence-electron chi connectivity index (χ1n) is 16.1. The molecule has 5 heteroatoms. The van der Waals surface area contributed by atoms with Crippen molar-refractivity contribution in [2.75, 3.05) is 0 Å². The van der Waals surface area contributed by atoms with Gasteiger partial charge in [0.05, 0.1) is 11.6 Å². The molecule has 5 nitrogen and oxygen atoms in total. The van der Waals surface area contributed by atoms with Gasteiger partial charge in [0.2, 0.25) is 0 Å². The summed E-state index contributed by atoms with van der Waals surface area (Å²) in [7, 11) is 0. The zero-order valence-corrected chi connectivity index (χ0v) is 26.2. The molecular weight excluding hydrogens is 601 g/mol. The van der Waals surface area contributed by atoms with Crippen molar-refractivity contribution < 1.29 is 4.42 Å². The van der Waals surface area contributed by atoms with Gasteiger partial charge in [-0.05, 0) is 58.0 Å². The summed E-state index contributed by atoms with van der Waals surface area (Å²) in [5, 5.41) is 13.6. The van der Waals surface area contributed by atoms with Crippen molar-refractivity contribution in [3.63, 3.8) is 0 Å². The highest BCUT2D eigenvalue weighted by molar-refractivity contribution is 6.22. The van der Waals surface area contributed by atoms with Crippen molar-refractivity contribution in [2.24, 2.45) is 0 Å². The second-order valence-corrected chi connectivity index (χ2v) is 11.9. The maximum Gasteiger partial charge on any atom is 0.164 e. The standard InChI is InChI=1S/C44H26N4O/c45-27-28-21-23-29(24-22-28)34-19-10-20-39-40(34)38-26-37(35-17-7-8-18-36(35)41(38)49-39)32-15-9-16-33(25-32)44-47-42(30-11-3-1-4-12-30)46-43(48-44)31-13-5-2-6-14-31/h1-26H. The van der Waals surface area contributed by atoms with Crippen LogP contribution in [0.25, 0.3) is 89.1 Å². The summed E-state index contributed by atoms with van der Waals surface area (Å²) >= 11 is 0. The first-order chi connectivity index (χ1) is 24.2. The van der Waals surface area contributed by atoms with Gasteiger partial charge in [0, 0.05) is 32.8 Å². The Labute approximate surface area is 282 Å². The molecule has 0 aliphatic heterocycles. The Kier molecular flexibility index (Phi) is 6.78. The number of fused-ring (bicyclic) bond motifs is 5. The predicted molar refractivity (Wildman–Crippen MR) is 197 cm³/mol. The third-order valence-electron chi connectivity index (χ3n) is 8.96. The molecule has 9 rings (SSSR count). The highest BCUT2D eigenvalue weighted by Gasteiger charge is 2.19. The lowest BCUT2D eigenvalue weighted by Gasteiger charge is -2.12. The van der Waals surface area contributed by atoms with E-state index >= 15 is 0 Å². The van der Waals surface area contributed by atoms with Crippen molar-refractivity contribution in [3.8, 4) is 62.5 Å². The summed E-state index contributed by atoms with van der Waals surface area (Å²) < 4.78 is 6.59. The van der Waals surface area contributed by atoms with E-state index in [2.05, 4.69) is 66.7 Å². The van der Waals surface area contributed by atoms with Crippen LogP contribution in [0.3, 0.4) is 0 Å². The van der Waals surface area contributed by atoms with E-state index in [9.17, 15) is 5.26 Å². The Bertz CT molecular complexity index is 2650. The minimum Gasteiger partial charge on any atom is -0.455 e. The van der Waals surface area contributed by atoms with Crippen molar-refractivity contribution in [2.45, 2.75) is 0 Å². The Morgan fingerprint density at radius 2 is 1.00 bits per heavy atom. The normalized spacial score (nSPS) is 11.2. The summed E-state index contributed by atoms with van der Waals surface area (Å²) in [5.74, 6) is 1.86. The van der Waals surface area contributed by atoms with Gasteiger partial charge in [-0.3, -0.25) is 0 Å². The zero-order valence-electron chi connectivity index (χ0n) is 26.2. The molecule has 2 heterocycles. The first-order valence-corrected chi connectivity index (χ1v) is 16.1. The highest BCUT2D eigenvalue weighted by atomic mass is 16.3. The fourth-order valence-electron chi connectivity index (χ4n) is 6.62. The van der Waals surface area contributed by atoms with Crippen molar-refractivity contribution in [1.29, 1.82) is 5.26 Å². The number of hydrogen-bond donors (Lipinski definition) is 0. The SMILES string of the molecule is N#Cc1ccc(-c2cccc3oc4c5ccccc5c(-c5cccc(-c6nc(-c7ccccc7)nc(-c7ccccc7)n6)c5)cc4c23)cc1. The van der Waals surface area contributed by atoms with E-state index in [0.29, 0.717) is 23.0 Å². The topological polar surface area (TPSA) is 75.6 Å². The molecule has 49 heavy (non-hydrogen) atoms. The summed E-state index contributed by atoms with van der Waals surface area (Å²) in [6.07, 6.45) is 0. The molecule has 0 bridgehead atoms. The summed E-state index contributed by atoms with van der Waals surface area (Å²) in [6, 6.07) is 55.2. The minimum absolute atomic E-state index is 0.608. The Morgan fingerprint density at radius 3 is 1.67 bits per heavy atom. The molecule has 0 spiro atoms. The molecule has 0 aliphatic rings. The highest BCUT2D eigenvalue weighted by Crippen LogP contribution is 2.43. The summed E-state index contributed by atoms with van der Waals surface area (Å²) in [5.41, 5.74) is 9.28. The lowest BCUT2D eigenvalue weighted by atomic mass is 9.92. The molecule has 0 aliphatic carbocycles. The maximum absolute atomic E-state index is 9.37. The van der Waals surface area contributed by atoms with E-state index in [1.54, 1.807) is 0 Å². The van der Waals surface area contributed by atoms with Gasteiger partial charge in [0.1, 0.15) is 11.2 Å². The number of aromatic nitrogens is 3. The lowest BCUT2D eigenvalue weighted by molar-refractivity contribution is 0.673.